The molecule has 21 heavy (non-hydrogen) atoms. The Morgan fingerprint density at radius 2 is 1.57 bits per heavy atom. The third-order valence-electron chi connectivity index (χ3n) is 4.28. The molecule has 0 spiro atoms. The molecule has 1 unspecified atom stereocenters. The summed E-state index contributed by atoms with van der Waals surface area (Å²) in [4.78, 5) is 0. The van der Waals surface area contributed by atoms with Gasteiger partial charge in [0.05, 0.1) is 11.1 Å². The van der Waals surface area contributed by atoms with Crippen LogP contribution in [0.25, 0.3) is 0 Å². The molecule has 1 nitrogen and oxygen atoms in total. The topological polar surface area (TPSA) is 12.0 Å². The Balaban J connectivity index is 2.64. The molecule has 0 bridgehead atoms. The lowest BCUT2D eigenvalue weighted by molar-refractivity contribution is 0.623. The Kier molecular flexibility index (Phi) is 4.70. The van der Waals surface area contributed by atoms with Gasteiger partial charge in [0.25, 0.3) is 0 Å². The van der Waals surface area contributed by atoms with Crippen molar-refractivity contribution in [3.8, 4) is 0 Å². The van der Waals surface area contributed by atoms with Gasteiger partial charge in [-0.05, 0) is 80.3 Å². The van der Waals surface area contributed by atoms with E-state index in [1.54, 1.807) is 12.1 Å². The van der Waals surface area contributed by atoms with Crippen LogP contribution in [0.2, 0.25) is 5.02 Å². The average molecular weight is 306 g/mol. The predicted molar refractivity (Wildman–Crippen MR) is 87.7 cm³/mol. The van der Waals surface area contributed by atoms with E-state index in [1.165, 1.54) is 33.9 Å². The Labute approximate surface area is 131 Å². The lowest BCUT2D eigenvalue weighted by atomic mass is 9.87. The Morgan fingerprint density at radius 1 is 1.00 bits per heavy atom. The molecule has 2 rings (SSSR count). The summed E-state index contributed by atoms with van der Waals surface area (Å²) in [6.07, 6.45) is 0. The third kappa shape index (κ3) is 2.97. The normalized spacial score (nSPS) is 12.5. The van der Waals surface area contributed by atoms with Crippen LogP contribution in [0.15, 0.2) is 24.3 Å². The maximum absolute atomic E-state index is 13.4. The Morgan fingerprint density at radius 3 is 2.05 bits per heavy atom. The van der Waals surface area contributed by atoms with E-state index in [4.69, 9.17) is 11.6 Å². The number of nitrogens with one attached hydrogen (secondary N) is 1. The lowest BCUT2D eigenvalue weighted by Crippen LogP contribution is -2.21. The largest absolute Gasteiger partial charge is 0.309 e. The molecule has 0 aliphatic heterocycles. The molecular formula is C18H21ClFN. The van der Waals surface area contributed by atoms with Crippen molar-refractivity contribution < 1.29 is 4.39 Å². The average Bonchev–Trinajstić information content (AvgIpc) is 2.44. The summed E-state index contributed by atoms with van der Waals surface area (Å²) in [5, 5.41) is 3.50. The monoisotopic (exact) mass is 305 g/mol. The number of hydrogen-bond donors (Lipinski definition) is 1. The second-order valence-electron chi connectivity index (χ2n) is 5.57. The van der Waals surface area contributed by atoms with Crippen LogP contribution in [-0.4, -0.2) is 7.05 Å². The molecule has 1 atom stereocenters. The standard InChI is InChI=1S/C18H21ClFN/c1-10-8-11(2)13(4)17(12(10)3)18(21-5)14-6-7-16(20)15(19)9-14/h6-9,18,21H,1-5H3. The van der Waals surface area contributed by atoms with Gasteiger partial charge < -0.3 is 5.32 Å². The highest BCUT2D eigenvalue weighted by molar-refractivity contribution is 6.30. The predicted octanol–water partition coefficient (Wildman–Crippen LogP) is 5.02. The number of rotatable bonds is 3. The van der Waals surface area contributed by atoms with Crippen molar-refractivity contribution in [3.63, 3.8) is 0 Å². The fraction of sp³-hybridized carbons (Fsp3) is 0.333. The van der Waals surface area contributed by atoms with Gasteiger partial charge in [0.2, 0.25) is 0 Å². The molecule has 0 fully saturated rings. The zero-order valence-corrected chi connectivity index (χ0v) is 13.9. The Hall–Kier alpha value is -1.38. The van der Waals surface area contributed by atoms with Crippen molar-refractivity contribution in [2.45, 2.75) is 33.7 Å². The molecule has 2 aromatic carbocycles. The first kappa shape index (κ1) is 16.0. The smallest absolute Gasteiger partial charge is 0.141 e. The van der Waals surface area contributed by atoms with E-state index in [-0.39, 0.29) is 16.9 Å². The second-order valence-corrected chi connectivity index (χ2v) is 5.98. The van der Waals surface area contributed by atoms with Crippen molar-refractivity contribution in [1.29, 1.82) is 0 Å². The van der Waals surface area contributed by atoms with Crippen molar-refractivity contribution in [1.82, 2.24) is 5.32 Å². The fourth-order valence-electron chi connectivity index (χ4n) is 2.85. The van der Waals surface area contributed by atoms with E-state index in [1.807, 2.05) is 7.05 Å². The van der Waals surface area contributed by atoms with Gasteiger partial charge in [-0.1, -0.05) is 23.7 Å². The number of benzene rings is 2. The molecule has 0 aromatic heterocycles. The SMILES string of the molecule is CNC(c1ccc(F)c(Cl)c1)c1c(C)c(C)cc(C)c1C. The summed E-state index contributed by atoms with van der Waals surface area (Å²) >= 11 is 5.94. The molecular weight excluding hydrogens is 285 g/mol. The van der Waals surface area contributed by atoms with Crippen molar-refractivity contribution >= 4 is 11.6 Å². The summed E-state index contributed by atoms with van der Waals surface area (Å²) < 4.78 is 13.4. The molecule has 0 aliphatic rings. The van der Waals surface area contributed by atoms with Crippen LogP contribution in [0, 0.1) is 33.5 Å². The lowest BCUT2D eigenvalue weighted by Gasteiger charge is -2.24. The van der Waals surface area contributed by atoms with Crippen LogP contribution >= 0.6 is 11.6 Å². The van der Waals surface area contributed by atoms with Crippen LogP contribution in [-0.2, 0) is 0 Å². The first-order valence-electron chi connectivity index (χ1n) is 7.06. The highest BCUT2D eigenvalue weighted by atomic mass is 35.5. The summed E-state index contributed by atoms with van der Waals surface area (Å²) in [6, 6.07) is 7.13. The summed E-state index contributed by atoms with van der Waals surface area (Å²) in [5.74, 6) is -0.385. The van der Waals surface area contributed by atoms with Gasteiger partial charge in [-0.15, -0.1) is 0 Å². The molecule has 2 aromatic rings. The first-order chi connectivity index (χ1) is 9.86. The van der Waals surface area contributed by atoms with E-state index in [9.17, 15) is 4.39 Å². The quantitative estimate of drug-likeness (QED) is 0.839. The molecule has 0 aliphatic carbocycles. The number of halogens is 2. The highest BCUT2D eigenvalue weighted by Gasteiger charge is 2.19. The van der Waals surface area contributed by atoms with E-state index in [0.717, 1.165) is 5.56 Å². The second kappa shape index (κ2) is 6.17. The molecule has 112 valence electrons. The maximum Gasteiger partial charge on any atom is 0.141 e. The van der Waals surface area contributed by atoms with E-state index < -0.39 is 0 Å². The van der Waals surface area contributed by atoms with Crippen LogP contribution < -0.4 is 5.32 Å². The van der Waals surface area contributed by atoms with Crippen molar-refractivity contribution in [2.24, 2.45) is 0 Å². The van der Waals surface area contributed by atoms with Gasteiger partial charge in [0.1, 0.15) is 5.82 Å². The zero-order valence-electron chi connectivity index (χ0n) is 13.1. The first-order valence-corrected chi connectivity index (χ1v) is 7.44. The van der Waals surface area contributed by atoms with Gasteiger partial charge >= 0.3 is 0 Å². The van der Waals surface area contributed by atoms with Crippen LogP contribution in [0.5, 0.6) is 0 Å². The summed E-state index contributed by atoms with van der Waals surface area (Å²) in [7, 11) is 1.92. The summed E-state index contributed by atoms with van der Waals surface area (Å²) in [5.41, 5.74) is 7.27. The molecule has 0 heterocycles. The molecule has 0 saturated carbocycles. The number of aryl methyl sites for hydroxylation is 2. The Bertz CT molecular complexity index is 653. The zero-order chi connectivity index (χ0) is 15.7. The minimum Gasteiger partial charge on any atom is -0.309 e. The van der Waals surface area contributed by atoms with Crippen molar-refractivity contribution in [2.75, 3.05) is 7.05 Å². The van der Waals surface area contributed by atoms with E-state index in [0.29, 0.717) is 0 Å². The highest BCUT2D eigenvalue weighted by Crippen LogP contribution is 2.32. The van der Waals surface area contributed by atoms with Gasteiger partial charge in [-0.25, -0.2) is 4.39 Å². The van der Waals surface area contributed by atoms with E-state index in [2.05, 4.69) is 39.1 Å². The molecule has 3 heteroatoms. The number of hydrogen-bond acceptors (Lipinski definition) is 1. The third-order valence-corrected chi connectivity index (χ3v) is 4.57. The van der Waals surface area contributed by atoms with Gasteiger partial charge in [-0.3, -0.25) is 0 Å². The van der Waals surface area contributed by atoms with Gasteiger partial charge in [-0.2, -0.15) is 0 Å². The van der Waals surface area contributed by atoms with Gasteiger partial charge in [0, 0.05) is 0 Å². The summed E-state index contributed by atoms with van der Waals surface area (Å²) in [6.45, 7) is 8.50. The van der Waals surface area contributed by atoms with Crippen molar-refractivity contribution in [3.05, 3.63) is 68.5 Å². The van der Waals surface area contributed by atoms with Crippen LogP contribution in [0.3, 0.4) is 0 Å². The molecule has 1 N–H and O–H groups in total. The van der Waals surface area contributed by atoms with Gasteiger partial charge in [0.15, 0.2) is 0 Å². The minimum atomic E-state index is -0.385. The van der Waals surface area contributed by atoms with Crippen LogP contribution in [0.4, 0.5) is 4.39 Å². The molecule has 0 saturated heterocycles. The molecule has 0 amide bonds. The van der Waals surface area contributed by atoms with Crippen LogP contribution in [0.1, 0.15) is 39.4 Å². The van der Waals surface area contributed by atoms with E-state index >= 15 is 0 Å². The minimum absolute atomic E-state index is 0.00157. The maximum atomic E-state index is 13.4. The fourth-order valence-corrected chi connectivity index (χ4v) is 3.04. The molecule has 0 radical (unpaired) electrons.